The number of likely N-dealkylation sites (N-methyl/N-ethyl adjacent to an activating group) is 1. The van der Waals surface area contributed by atoms with Gasteiger partial charge in [-0.05, 0) is 38.9 Å². The van der Waals surface area contributed by atoms with Gasteiger partial charge in [-0.15, -0.1) is 0 Å². The summed E-state index contributed by atoms with van der Waals surface area (Å²) in [6.07, 6.45) is -15.3. The standard InChI is InChI=1S/C28H53N7O13/c1-34-8-10-2-3-11(31)26(43-10)46-22-12(32)6-13(35-25(42)14(37)4-5-29)18(38)24(22)48-28-21(41)23(16(9-36)45-28)47-27-17(33)20(40)19(39)15(7-30)44-27/h2,11-24,26-28,34,36-41H,3-9,29-33H2,1H3,(H,35,42)/t11-,12+,13-,14+,15+,16-,17-,18+,19-,20-,21-,22-,23-,24-,26-,27-,28+/m1/s1. The molecule has 2 saturated heterocycles. The molecule has 0 radical (unpaired) electrons. The number of hydrogen-bond donors (Lipinski definition) is 13. The van der Waals surface area contributed by atoms with Gasteiger partial charge >= 0.3 is 0 Å². The highest BCUT2D eigenvalue weighted by Gasteiger charge is 2.54. The van der Waals surface area contributed by atoms with Crippen molar-refractivity contribution < 1.29 is 63.9 Å². The van der Waals surface area contributed by atoms with E-state index < -0.39 is 117 Å². The van der Waals surface area contributed by atoms with E-state index in [9.17, 15) is 35.4 Å². The van der Waals surface area contributed by atoms with Crippen LogP contribution in [0.4, 0.5) is 0 Å². The van der Waals surface area contributed by atoms with Crippen molar-refractivity contribution in [2.45, 2.75) is 123 Å². The molecule has 3 aliphatic heterocycles. The fourth-order valence-corrected chi connectivity index (χ4v) is 6.23. The molecule has 0 spiro atoms. The Morgan fingerprint density at radius 2 is 1.58 bits per heavy atom. The highest BCUT2D eigenvalue weighted by atomic mass is 16.8. The van der Waals surface area contributed by atoms with E-state index >= 15 is 0 Å². The van der Waals surface area contributed by atoms with E-state index in [0.29, 0.717) is 18.7 Å². The van der Waals surface area contributed by atoms with Gasteiger partial charge in [0.1, 0.15) is 66.8 Å². The first-order valence-corrected chi connectivity index (χ1v) is 16.1. The molecule has 4 aliphatic rings. The van der Waals surface area contributed by atoms with Gasteiger partial charge in [0, 0.05) is 12.6 Å². The predicted octanol–water partition coefficient (Wildman–Crippen LogP) is -7.58. The van der Waals surface area contributed by atoms with Crippen molar-refractivity contribution >= 4 is 5.91 Å². The van der Waals surface area contributed by atoms with Crippen molar-refractivity contribution in [2.24, 2.45) is 28.7 Å². The van der Waals surface area contributed by atoms with E-state index in [1.807, 2.05) is 6.08 Å². The van der Waals surface area contributed by atoms with E-state index in [0.717, 1.165) is 0 Å². The molecule has 1 amide bonds. The smallest absolute Gasteiger partial charge is 0.249 e. The number of rotatable bonds is 14. The van der Waals surface area contributed by atoms with Gasteiger partial charge in [0.05, 0.1) is 31.3 Å². The van der Waals surface area contributed by atoms with E-state index in [1.165, 1.54) is 0 Å². The number of aliphatic hydroxyl groups excluding tert-OH is 6. The molecule has 0 aromatic carbocycles. The van der Waals surface area contributed by atoms with Crippen LogP contribution in [0.15, 0.2) is 11.8 Å². The lowest BCUT2D eigenvalue weighted by Crippen LogP contribution is -2.67. The van der Waals surface area contributed by atoms with Crippen molar-refractivity contribution in [1.29, 1.82) is 0 Å². The summed E-state index contributed by atoms with van der Waals surface area (Å²) >= 11 is 0. The molecule has 17 atom stereocenters. The molecule has 20 heteroatoms. The van der Waals surface area contributed by atoms with Crippen LogP contribution in [0.25, 0.3) is 0 Å². The Hall–Kier alpha value is -1.67. The minimum Gasteiger partial charge on any atom is -0.467 e. The highest BCUT2D eigenvalue weighted by molar-refractivity contribution is 5.80. The first-order valence-electron chi connectivity index (χ1n) is 16.1. The SMILES string of the molecule is CNCC1=CC[C@@H](N)[C@@H](O[C@H]2[C@H](O[C@@H]3O[C@H](CO)[C@@H](O[C@H]4O[C@@H](CN)[C@@H](O)[C@H](O)[C@H]4N)[C@H]3O)[C@@H](O)[C@H](NC(=O)[C@@H](O)CCN)C[C@@H]2N)O1. The Morgan fingerprint density at radius 3 is 2.23 bits per heavy atom. The van der Waals surface area contributed by atoms with Crippen LogP contribution in [-0.4, -0.2) is 174 Å². The zero-order valence-corrected chi connectivity index (χ0v) is 26.8. The Bertz CT molecular complexity index is 1070. The molecule has 48 heavy (non-hydrogen) atoms. The number of aliphatic hydroxyl groups is 6. The summed E-state index contributed by atoms with van der Waals surface area (Å²) in [6.45, 7) is -0.394. The summed E-state index contributed by atoms with van der Waals surface area (Å²) < 4.78 is 35.6. The molecule has 3 fully saturated rings. The molecular weight excluding hydrogens is 642 g/mol. The van der Waals surface area contributed by atoms with Crippen molar-refractivity contribution in [1.82, 2.24) is 10.6 Å². The van der Waals surface area contributed by atoms with Gasteiger partial charge in [0.15, 0.2) is 12.6 Å². The average molecular weight is 696 g/mol. The first-order chi connectivity index (χ1) is 22.8. The fraction of sp³-hybridized carbons (Fsp3) is 0.893. The lowest BCUT2D eigenvalue weighted by molar-refractivity contribution is -0.282. The second-order valence-electron chi connectivity index (χ2n) is 12.5. The van der Waals surface area contributed by atoms with Crippen molar-refractivity contribution in [3.8, 4) is 0 Å². The molecule has 0 aromatic heterocycles. The molecule has 20 nitrogen and oxygen atoms in total. The van der Waals surface area contributed by atoms with Gasteiger partial charge in [-0.25, -0.2) is 0 Å². The van der Waals surface area contributed by atoms with E-state index in [-0.39, 0.29) is 25.9 Å². The zero-order valence-electron chi connectivity index (χ0n) is 26.8. The summed E-state index contributed by atoms with van der Waals surface area (Å²) in [4.78, 5) is 12.7. The molecule has 3 heterocycles. The third-order valence-electron chi connectivity index (χ3n) is 9.00. The van der Waals surface area contributed by atoms with E-state index in [2.05, 4.69) is 10.6 Å². The highest BCUT2D eigenvalue weighted by Crippen LogP contribution is 2.34. The van der Waals surface area contributed by atoms with Crippen molar-refractivity contribution in [2.75, 3.05) is 33.3 Å². The van der Waals surface area contributed by atoms with Gasteiger partial charge in [0.2, 0.25) is 12.2 Å². The van der Waals surface area contributed by atoms with Gasteiger partial charge in [-0.1, -0.05) is 0 Å². The minimum atomic E-state index is -1.64. The molecule has 0 unspecified atom stereocenters. The lowest BCUT2D eigenvalue weighted by Gasteiger charge is -2.46. The number of ether oxygens (including phenoxy) is 6. The largest absolute Gasteiger partial charge is 0.467 e. The summed E-state index contributed by atoms with van der Waals surface area (Å²) in [5.41, 5.74) is 30.0. The zero-order chi connectivity index (χ0) is 35.3. The van der Waals surface area contributed by atoms with Gasteiger partial charge in [-0.2, -0.15) is 0 Å². The van der Waals surface area contributed by atoms with Crippen LogP contribution in [0.1, 0.15) is 19.3 Å². The summed E-state index contributed by atoms with van der Waals surface area (Å²) in [6, 6.07) is -3.82. The minimum absolute atomic E-state index is 0.0135. The van der Waals surface area contributed by atoms with Crippen LogP contribution < -0.4 is 39.3 Å². The summed E-state index contributed by atoms with van der Waals surface area (Å²) in [5.74, 6) is -0.212. The maximum atomic E-state index is 12.7. The first kappa shape index (κ1) is 39.1. The second kappa shape index (κ2) is 17.5. The molecule has 4 rings (SSSR count). The normalized spacial score (nSPS) is 44.1. The Morgan fingerprint density at radius 1 is 0.917 bits per heavy atom. The van der Waals surface area contributed by atoms with Crippen molar-refractivity contribution in [3.63, 3.8) is 0 Å². The maximum absolute atomic E-state index is 12.7. The molecule has 0 bridgehead atoms. The molecular formula is C28H53N7O13. The van der Waals surface area contributed by atoms with Gasteiger partial charge in [0.25, 0.3) is 0 Å². The maximum Gasteiger partial charge on any atom is 0.249 e. The van der Waals surface area contributed by atoms with Gasteiger partial charge < -0.3 is 98.4 Å². The molecule has 1 saturated carbocycles. The monoisotopic (exact) mass is 695 g/mol. The molecule has 1 aliphatic carbocycles. The molecule has 18 N–H and O–H groups in total. The van der Waals surface area contributed by atoms with Crippen LogP contribution in [0, 0.1) is 0 Å². The molecule has 0 aromatic rings. The number of carbonyl (C=O) groups excluding carboxylic acids is 1. The number of nitrogens with one attached hydrogen (secondary N) is 2. The van der Waals surface area contributed by atoms with Crippen LogP contribution >= 0.6 is 0 Å². The van der Waals surface area contributed by atoms with Crippen LogP contribution in [0.2, 0.25) is 0 Å². The van der Waals surface area contributed by atoms with Gasteiger partial charge in [-0.3, -0.25) is 4.79 Å². The lowest BCUT2D eigenvalue weighted by atomic mass is 9.83. The third-order valence-corrected chi connectivity index (χ3v) is 9.00. The van der Waals surface area contributed by atoms with E-state index in [1.54, 1.807) is 7.05 Å². The summed E-state index contributed by atoms with van der Waals surface area (Å²) in [5, 5.41) is 69.3. The fourth-order valence-electron chi connectivity index (χ4n) is 6.23. The van der Waals surface area contributed by atoms with E-state index in [4.69, 9.17) is 57.1 Å². The molecule has 278 valence electrons. The number of hydrogen-bond acceptors (Lipinski definition) is 19. The summed E-state index contributed by atoms with van der Waals surface area (Å²) in [7, 11) is 1.74. The van der Waals surface area contributed by atoms with Crippen LogP contribution in [-0.2, 0) is 33.2 Å². The topological polar surface area (TPSA) is 348 Å². The Kier molecular flexibility index (Phi) is 14.3. The Labute approximate surface area is 277 Å². The van der Waals surface area contributed by atoms with Crippen LogP contribution in [0.3, 0.4) is 0 Å². The number of nitrogens with two attached hydrogens (primary N) is 5. The van der Waals surface area contributed by atoms with Crippen molar-refractivity contribution in [3.05, 3.63) is 11.8 Å². The second-order valence-corrected chi connectivity index (χ2v) is 12.5. The quantitative estimate of drug-likeness (QED) is 0.0802. The predicted molar refractivity (Wildman–Crippen MR) is 164 cm³/mol. The van der Waals surface area contributed by atoms with Crippen LogP contribution in [0.5, 0.6) is 0 Å². The third kappa shape index (κ3) is 8.79. The Balaban J connectivity index is 1.55. The number of carbonyl (C=O) groups is 1. The average Bonchev–Trinajstić information content (AvgIpc) is 3.36. The number of amides is 1.